The van der Waals surface area contributed by atoms with Crippen LogP contribution in [0.5, 0.6) is 11.5 Å². The Labute approximate surface area is 149 Å². The van der Waals surface area contributed by atoms with Crippen LogP contribution in [0.2, 0.25) is 0 Å². The standard InChI is InChI=1S/C18H17N3O3S/c1-3-24-15-10-4-12(5-11-15)16-19-18(25-21-16)20-17(22)13-6-8-14(23-2)9-7-13/h4-11H,3H2,1-2H3,(H,19,20,21,22). The first-order valence-electron chi connectivity index (χ1n) is 7.72. The van der Waals surface area contributed by atoms with Crippen LogP contribution in [0, 0.1) is 0 Å². The summed E-state index contributed by atoms with van der Waals surface area (Å²) < 4.78 is 14.8. The van der Waals surface area contributed by atoms with Gasteiger partial charge in [0, 0.05) is 22.7 Å². The number of nitrogens with zero attached hydrogens (tertiary/aromatic N) is 2. The number of ether oxygens (including phenoxy) is 2. The van der Waals surface area contributed by atoms with Gasteiger partial charge in [0.25, 0.3) is 5.91 Å². The monoisotopic (exact) mass is 355 g/mol. The molecule has 0 aliphatic carbocycles. The second kappa shape index (κ2) is 7.76. The molecule has 0 aliphatic rings. The lowest BCUT2D eigenvalue weighted by atomic mass is 10.2. The molecule has 0 saturated carbocycles. The molecular weight excluding hydrogens is 338 g/mol. The molecule has 7 heteroatoms. The van der Waals surface area contributed by atoms with Gasteiger partial charge in [-0.05, 0) is 55.5 Å². The van der Waals surface area contributed by atoms with Gasteiger partial charge in [-0.15, -0.1) is 0 Å². The number of benzene rings is 2. The van der Waals surface area contributed by atoms with Gasteiger partial charge >= 0.3 is 0 Å². The van der Waals surface area contributed by atoms with Crippen molar-refractivity contribution < 1.29 is 14.3 Å². The summed E-state index contributed by atoms with van der Waals surface area (Å²) in [5.74, 6) is 1.83. The summed E-state index contributed by atoms with van der Waals surface area (Å²) in [5, 5.41) is 3.21. The lowest BCUT2D eigenvalue weighted by Crippen LogP contribution is -2.11. The number of hydrogen-bond donors (Lipinski definition) is 1. The second-order valence-corrected chi connectivity index (χ2v) is 5.81. The van der Waals surface area contributed by atoms with Crippen LogP contribution in [0.25, 0.3) is 11.4 Å². The minimum absolute atomic E-state index is 0.239. The van der Waals surface area contributed by atoms with E-state index in [0.717, 1.165) is 22.8 Å². The van der Waals surface area contributed by atoms with Crippen molar-refractivity contribution in [3.8, 4) is 22.9 Å². The van der Waals surface area contributed by atoms with Gasteiger partial charge in [-0.1, -0.05) is 0 Å². The number of aromatic nitrogens is 2. The van der Waals surface area contributed by atoms with Crippen LogP contribution >= 0.6 is 11.5 Å². The number of methoxy groups -OCH3 is 1. The third-order valence-corrected chi connectivity index (χ3v) is 4.05. The highest BCUT2D eigenvalue weighted by Crippen LogP contribution is 2.24. The fraction of sp³-hybridized carbons (Fsp3) is 0.167. The number of nitrogens with one attached hydrogen (secondary N) is 1. The highest BCUT2D eigenvalue weighted by atomic mass is 32.1. The van der Waals surface area contributed by atoms with Crippen LogP contribution in [-0.4, -0.2) is 29.0 Å². The van der Waals surface area contributed by atoms with E-state index in [1.807, 2.05) is 31.2 Å². The third-order valence-electron chi connectivity index (χ3n) is 3.42. The summed E-state index contributed by atoms with van der Waals surface area (Å²) >= 11 is 1.14. The van der Waals surface area contributed by atoms with Crippen LogP contribution < -0.4 is 14.8 Å². The molecule has 1 N–H and O–H groups in total. The molecule has 1 heterocycles. The molecule has 0 bridgehead atoms. The van der Waals surface area contributed by atoms with Gasteiger partial charge in [0.05, 0.1) is 13.7 Å². The van der Waals surface area contributed by atoms with Crippen molar-refractivity contribution in [2.24, 2.45) is 0 Å². The van der Waals surface area contributed by atoms with Gasteiger partial charge in [-0.2, -0.15) is 9.36 Å². The Hall–Kier alpha value is -2.93. The van der Waals surface area contributed by atoms with E-state index in [0.29, 0.717) is 28.9 Å². The van der Waals surface area contributed by atoms with E-state index in [1.165, 1.54) is 0 Å². The highest BCUT2D eigenvalue weighted by molar-refractivity contribution is 7.10. The zero-order valence-electron chi connectivity index (χ0n) is 13.9. The van der Waals surface area contributed by atoms with E-state index in [-0.39, 0.29) is 5.91 Å². The molecule has 0 aliphatic heterocycles. The quantitative estimate of drug-likeness (QED) is 0.727. The van der Waals surface area contributed by atoms with Gasteiger partial charge < -0.3 is 9.47 Å². The van der Waals surface area contributed by atoms with Gasteiger partial charge in [0.15, 0.2) is 5.82 Å². The van der Waals surface area contributed by atoms with Crippen LogP contribution in [0.4, 0.5) is 5.13 Å². The Kier molecular flexibility index (Phi) is 5.25. The molecule has 1 aromatic heterocycles. The van der Waals surface area contributed by atoms with E-state index >= 15 is 0 Å². The molecule has 6 nitrogen and oxygen atoms in total. The Bertz CT molecular complexity index is 845. The molecular formula is C18H17N3O3S. The minimum Gasteiger partial charge on any atom is -0.497 e. The second-order valence-electron chi connectivity index (χ2n) is 5.06. The number of amides is 1. The zero-order chi connectivity index (χ0) is 17.6. The van der Waals surface area contributed by atoms with E-state index in [2.05, 4.69) is 14.7 Å². The molecule has 128 valence electrons. The molecule has 3 aromatic rings. The van der Waals surface area contributed by atoms with E-state index in [1.54, 1.807) is 31.4 Å². The molecule has 0 atom stereocenters. The SMILES string of the molecule is CCOc1ccc(-c2nsc(NC(=O)c3ccc(OC)cc3)n2)cc1. The fourth-order valence-electron chi connectivity index (χ4n) is 2.17. The maximum absolute atomic E-state index is 12.2. The number of carbonyl (C=O) groups is 1. The average Bonchev–Trinajstić information content (AvgIpc) is 3.11. The van der Waals surface area contributed by atoms with Crippen molar-refractivity contribution in [3.05, 3.63) is 54.1 Å². The molecule has 3 rings (SSSR count). The maximum Gasteiger partial charge on any atom is 0.257 e. The van der Waals surface area contributed by atoms with E-state index < -0.39 is 0 Å². The summed E-state index contributed by atoms with van der Waals surface area (Å²) in [6.07, 6.45) is 0. The molecule has 0 radical (unpaired) electrons. The van der Waals surface area contributed by atoms with Crippen molar-refractivity contribution in [1.29, 1.82) is 0 Å². The predicted octanol–water partition coefficient (Wildman–Crippen LogP) is 3.86. The summed E-state index contributed by atoms with van der Waals surface area (Å²) in [4.78, 5) is 16.6. The normalized spacial score (nSPS) is 10.3. The molecule has 0 saturated heterocycles. The number of carbonyl (C=O) groups excluding carboxylic acids is 1. The van der Waals surface area contributed by atoms with Gasteiger partial charge in [0.1, 0.15) is 11.5 Å². The first-order chi connectivity index (χ1) is 12.2. The zero-order valence-corrected chi connectivity index (χ0v) is 14.7. The number of rotatable bonds is 6. The highest BCUT2D eigenvalue weighted by Gasteiger charge is 2.11. The molecule has 25 heavy (non-hydrogen) atoms. The van der Waals surface area contributed by atoms with Gasteiger partial charge in [-0.25, -0.2) is 0 Å². The molecule has 2 aromatic carbocycles. The first-order valence-corrected chi connectivity index (χ1v) is 8.49. The Balaban J connectivity index is 1.69. The van der Waals surface area contributed by atoms with E-state index in [9.17, 15) is 4.79 Å². The summed E-state index contributed by atoms with van der Waals surface area (Å²) in [5.41, 5.74) is 1.39. The predicted molar refractivity (Wildman–Crippen MR) is 97.5 cm³/mol. The van der Waals surface area contributed by atoms with Crippen molar-refractivity contribution >= 4 is 22.6 Å². The molecule has 0 unspecified atom stereocenters. The number of hydrogen-bond acceptors (Lipinski definition) is 6. The Morgan fingerprint density at radius 3 is 2.40 bits per heavy atom. The van der Waals surface area contributed by atoms with E-state index in [4.69, 9.17) is 9.47 Å². The summed E-state index contributed by atoms with van der Waals surface area (Å²) in [6, 6.07) is 14.4. The fourth-order valence-corrected chi connectivity index (χ4v) is 2.75. The Morgan fingerprint density at radius 2 is 1.76 bits per heavy atom. The molecule has 0 spiro atoms. The van der Waals surface area contributed by atoms with Gasteiger partial charge in [0.2, 0.25) is 5.13 Å². The maximum atomic E-state index is 12.2. The van der Waals surface area contributed by atoms with Crippen LogP contribution in [-0.2, 0) is 0 Å². The summed E-state index contributed by atoms with van der Waals surface area (Å²) in [7, 11) is 1.58. The molecule has 0 fully saturated rings. The lowest BCUT2D eigenvalue weighted by Gasteiger charge is -2.03. The van der Waals surface area contributed by atoms with Crippen LogP contribution in [0.15, 0.2) is 48.5 Å². The van der Waals surface area contributed by atoms with Crippen molar-refractivity contribution in [2.75, 3.05) is 19.0 Å². The molecule has 1 amide bonds. The smallest absolute Gasteiger partial charge is 0.257 e. The first kappa shape index (κ1) is 16.9. The number of anilines is 1. The topological polar surface area (TPSA) is 73.3 Å². The van der Waals surface area contributed by atoms with Crippen molar-refractivity contribution in [3.63, 3.8) is 0 Å². The third kappa shape index (κ3) is 4.13. The largest absolute Gasteiger partial charge is 0.497 e. The Morgan fingerprint density at radius 1 is 1.08 bits per heavy atom. The van der Waals surface area contributed by atoms with Crippen molar-refractivity contribution in [2.45, 2.75) is 6.92 Å². The van der Waals surface area contributed by atoms with Gasteiger partial charge in [-0.3, -0.25) is 10.1 Å². The minimum atomic E-state index is -0.239. The van der Waals surface area contributed by atoms with Crippen LogP contribution in [0.3, 0.4) is 0 Å². The van der Waals surface area contributed by atoms with Crippen molar-refractivity contribution in [1.82, 2.24) is 9.36 Å². The summed E-state index contributed by atoms with van der Waals surface area (Å²) in [6.45, 7) is 2.56. The average molecular weight is 355 g/mol. The van der Waals surface area contributed by atoms with Crippen LogP contribution in [0.1, 0.15) is 17.3 Å². The lowest BCUT2D eigenvalue weighted by molar-refractivity contribution is 0.102.